The smallest absolute Gasteiger partial charge is 0.344 e. The van der Waals surface area contributed by atoms with E-state index in [9.17, 15) is 9.59 Å². The number of hydrogen-bond donors (Lipinski definition) is 1. The Balaban J connectivity index is 1.42. The monoisotopic (exact) mass is 497 g/mol. The van der Waals surface area contributed by atoms with Gasteiger partial charge in [-0.25, -0.2) is 4.79 Å². The van der Waals surface area contributed by atoms with Crippen molar-refractivity contribution in [2.24, 2.45) is 0 Å². The van der Waals surface area contributed by atoms with E-state index in [-0.39, 0.29) is 6.61 Å². The molecule has 0 spiro atoms. The van der Waals surface area contributed by atoms with Crippen molar-refractivity contribution in [3.8, 4) is 11.5 Å². The predicted molar refractivity (Wildman–Crippen MR) is 124 cm³/mol. The molecule has 1 amide bonds. The summed E-state index contributed by atoms with van der Waals surface area (Å²) < 4.78 is 22.8. The number of ether oxygens (including phenoxy) is 3. The van der Waals surface area contributed by atoms with Crippen LogP contribution in [0.5, 0.6) is 11.5 Å². The SMILES string of the molecule is COc1cc2c(cc1NC(=O)C(C)OC(=O)COc1ccc(Br)cc1)oc1ccccc12. The minimum Gasteiger partial charge on any atom is -0.495 e. The van der Waals surface area contributed by atoms with Gasteiger partial charge in [-0.15, -0.1) is 0 Å². The second-order valence-electron chi connectivity index (χ2n) is 7.01. The first-order chi connectivity index (χ1) is 15.4. The van der Waals surface area contributed by atoms with Crippen molar-refractivity contribution < 1.29 is 28.2 Å². The second-order valence-corrected chi connectivity index (χ2v) is 7.93. The lowest BCUT2D eigenvalue weighted by atomic mass is 10.1. The molecule has 164 valence electrons. The third-order valence-corrected chi connectivity index (χ3v) is 5.33. The number of carbonyl (C=O) groups excluding carboxylic acids is 2. The summed E-state index contributed by atoms with van der Waals surface area (Å²) in [5.41, 5.74) is 1.76. The molecular weight excluding hydrogens is 478 g/mol. The molecule has 1 heterocycles. The molecule has 0 aliphatic heterocycles. The number of amides is 1. The van der Waals surface area contributed by atoms with E-state index in [1.54, 1.807) is 36.4 Å². The minimum absolute atomic E-state index is 0.312. The summed E-state index contributed by atoms with van der Waals surface area (Å²) in [4.78, 5) is 24.7. The van der Waals surface area contributed by atoms with Gasteiger partial charge in [0.1, 0.15) is 22.7 Å². The Morgan fingerprint density at radius 2 is 1.78 bits per heavy atom. The summed E-state index contributed by atoms with van der Waals surface area (Å²) in [6, 6.07) is 18.2. The molecule has 1 unspecified atom stereocenters. The number of nitrogens with one attached hydrogen (secondary N) is 1. The molecule has 1 atom stereocenters. The molecule has 1 N–H and O–H groups in total. The quantitative estimate of drug-likeness (QED) is 0.348. The fourth-order valence-corrected chi connectivity index (χ4v) is 3.47. The lowest BCUT2D eigenvalue weighted by molar-refractivity contribution is -0.155. The third-order valence-electron chi connectivity index (χ3n) is 4.80. The summed E-state index contributed by atoms with van der Waals surface area (Å²) in [6.07, 6.45) is -1.04. The van der Waals surface area contributed by atoms with Crippen LogP contribution in [0.4, 0.5) is 5.69 Å². The van der Waals surface area contributed by atoms with Crippen molar-refractivity contribution in [3.63, 3.8) is 0 Å². The molecule has 0 bridgehead atoms. The largest absolute Gasteiger partial charge is 0.495 e. The molecule has 0 radical (unpaired) electrons. The fraction of sp³-hybridized carbons (Fsp3) is 0.167. The molecule has 8 heteroatoms. The highest BCUT2D eigenvalue weighted by atomic mass is 79.9. The van der Waals surface area contributed by atoms with E-state index < -0.39 is 18.0 Å². The molecule has 4 rings (SSSR count). The van der Waals surface area contributed by atoms with Gasteiger partial charge in [0.05, 0.1) is 12.8 Å². The highest BCUT2D eigenvalue weighted by Crippen LogP contribution is 2.36. The molecule has 0 saturated carbocycles. The average molecular weight is 498 g/mol. The van der Waals surface area contributed by atoms with Crippen molar-refractivity contribution in [1.29, 1.82) is 0 Å². The second kappa shape index (κ2) is 9.32. The maximum Gasteiger partial charge on any atom is 0.344 e. The molecule has 0 fully saturated rings. The van der Waals surface area contributed by atoms with E-state index in [0.29, 0.717) is 22.8 Å². The minimum atomic E-state index is -1.04. The normalized spacial score (nSPS) is 11.8. The van der Waals surface area contributed by atoms with E-state index in [1.165, 1.54) is 14.0 Å². The summed E-state index contributed by atoms with van der Waals surface area (Å²) in [7, 11) is 1.52. The van der Waals surface area contributed by atoms with Crippen molar-refractivity contribution in [2.75, 3.05) is 19.0 Å². The van der Waals surface area contributed by atoms with Gasteiger partial charge in [0.2, 0.25) is 0 Å². The van der Waals surface area contributed by atoms with Crippen molar-refractivity contribution in [2.45, 2.75) is 13.0 Å². The van der Waals surface area contributed by atoms with Crippen molar-refractivity contribution in [3.05, 3.63) is 65.1 Å². The number of fused-ring (bicyclic) bond motifs is 3. The summed E-state index contributed by atoms with van der Waals surface area (Å²) >= 11 is 3.33. The van der Waals surface area contributed by atoms with Crippen LogP contribution >= 0.6 is 15.9 Å². The molecular formula is C24H20BrNO6. The van der Waals surface area contributed by atoms with E-state index in [1.807, 2.05) is 24.3 Å². The van der Waals surface area contributed by atoms with Crippen LogP contribution in [-0.4, -0.2) is 31.7 Å². The van der Waals surface area contributed by atoms with Crippen LogP contribution in [0.3, 0.4) is 0 Å². The van der Waals surface area contributed by atoms with Crippen molar-refractivity contribution >= 4 is 55.4 Å². The molecule has 0 saturated heterocycles. The molecule has 0 aliphatic carbocycles. The van der Waals surface area contributed by atoms with Crippen LogP contribution in [0.15, 0.2) is 69.6 Å². The molecule has 3 aromatic carbocycles. The predicted octanol–water partition coefficient (Wildman–Crippen LogP) is 5.31. The van der Waals surface area contributed by atoms with Gasteiger partial charge in [0, 0.05) is 21.3 Å². The Kier molecular flexibility index (Phi) is 6.32. The molecule has 32 heavy (non-hydrogen) atoms. The van der Waals surface area contributed by atoms with Crippen LogP contribution in [0.2, 0.25) is 0 Å². The van der Waals surface area contributed by atoms with Gasteiger partial charge in [0.15, 0.2) is 12.7 Å². The Morgan fingerprint density at radius 3 is 2.53 bits per heavy atom. The van der Waals surface area contributed by atoms with Gasteiger partial charge in [0.25, 0.3) is 5.91 Å². The summed E-state index contributed by atoms with van der Waals surface area (Å²) in [5.74, 6) is -0.174. The zero-order chi connectivity index (χ0) is 22.7. The Hall–Kier alpha value is -3.52. The average Bonchev–Trinajstić information content (AvgIpc) is 3.15. The van der Waals surface area contributed by atoms with E-state index in [4.69, 9.17) is 18.6 Å². The zero-order valence-corrected chi connectivity index (χ0v) is 19.0. The standard InChI is InChI=1S/C24H20BrNO6/c1-14(31-23(27)13-30-16-9-7-15(25)8-10-16)24(28)26-19-12-21-18(11-22(19)29-2)17-5-3-4-6-20(17)32-21/h3-12,14H,13H2,1-2H3,(H,26,28). The van der Waals surface area contributed by atoms with Crippen LogP contribution in [-0.2, 0) is 14.3 Å². The first kappa shape index (κ1) is 21.7. The molecule has 1 aromatic heterocycles. The van der Waals surface area contributed by atoms with Crippen LogP contribution < -0.4 is 14.8 Å². The van der Waals surface area contributed by atoms with Crippen LogP contribution in [0, 0.1) is 0 Å². The number of carbonyl (C=O) groups is 2. The number of esters is 1. The number of halogens is 1. The fourth-order valence-electron chi connectivity index (χ4n) is 3.21. The van der Waals surface area contributed by atoms with E-state index >= 15 is 0 Å². The highest BCUT2D eigenvalue weighted by molar-refractivity contribution is 9.10. The first-order valence-electron chi connectivity index (χ1n) is 9.82. The number of rotatable bonds is 7. The maximum absolute atomic E-state index is 12.6. The number of methoxy groups -OCH3 is 1. The third kappa shape index (κ3) is 4.70. The van der Waals surface area contributed by atoms with Gasteiger partial charge in [-0.2, -0.15) is 0 Å². The van der Waals surface area contributed by atoms with Crippen LogP contribution in [0.25, 0.3) is 21.9 Å². The first-order valence-corrected chi connectivity index (χ1v) is 10.6. The number of hydrogen-bond acceptors (Lipinski definition) is 6. The summed E-state index contributed by atoms with van der Waals surface area (Å²) in [6.45, 7) is 1.17. The number of para-hydroxylation sites is 1. The lowest BCUT2D eigenvalue weighted by Crippen LogP contribution is -2.31. The Bertz CT molecular complexity index is 1280. The number of benzene rings is 3. The molecule has 7 nitrogen and oxygen atoms in total. The molecule has 0 aliphatic rings. The Labute approximate surface area is 192 Å². The Morgan fingerprint density at radius 1 is 1.03 bits per heavy atom. The van der Waals surface area contributed by atoms with Gasteiger partial charge >= 0.3 is 5.97 Å². The number of furan rings is 1. The van der Waals surface area contributed by atoms with E-state index in [2.05, 4.69) is 21.2 Å². The lowest BCUT2D eigenvalue weighted by Gasteiger charge is -2.15. The van der Waals surface area contributed by atoms with Gasteiger partial charge in [-0.05, 0) is 43.3 Å². The summed E-state index contributed by atoms with van der Waals surface area (Å²) in [5, 5.41) is 4.56. The maximum atomic E-state index is 12.6. The van der Waals surface area contributed by atoms with Gasteiger partial charge in [-0.1, -0.05) is 34.1 Å². The van der Waals surface area contributed by atoms with E-state index in [0.717, 1.165) is 20.8 Å². The van der Waals surface area contributed by atoms with Gasteiger partial charge in [-0.3, -0.25) is 4.79 Å². The molecule has 4 aromatic rings. The van der Waals surface area contributed by atoms with Crippen molar-refractivity contribution in [1.82, 2.24) is 0 Å². The van der Waals surface area contributed by atoms with Crippen LogP contribution in [0.1, 0.15) is 6.92 Å². The zero-order valence-electron chi connectivity index (χ0n) is 17.4. The highest BCUT2D eigenvalue weighted by Gasteiger charge is 2.21. The number of anilines is 1. The van der Waals surface area contributed by atoms with Gasteiger partial charge < -0.3 is 23.9 Å². The topological polar surface area (TPSA) is 87.0 Å².